The molecule has 0 saturated carbocycles. The number of nitrogens with two attached hydrogens (primary N) is 1. The molecule has 0 saturated heterocycles. The Morgan fingerprint density at radius 3 is 2.48 bits per heavy atom. The SMILES string of the molecule is CCCc1nc2ccccc2n1C(C(N)CC)C(F)(F)F. The van der Waals surface area contributed by atoms with E-state index in [1.807, 2.05) is 6.92 Å². The van der Waals surface area contributed by atoms with E-state index >= 15 is 0 Å². The first-order valence-corrected chi connectivity index (χ1v) is 7.18. The lowest BCUT2D eigenvalue weighted by Gasteiger charge is -2.28. The van der Waals surface area contributed by atoms with Crippen molar-refractivity contribution in [1.82, 2.24) is 9.55 Å². The predicted octanol–water partition coefficient (Wildman–Crippen LogP) is 3.83. The van der Waals surface area contributed by atoms with Crippen molar-refractivity contribution in [3.05, 3.63) is 30.1 Å². The number of imidazole rings is 1. The van der Waals surface area contributed by atoms with Crippen LogP contribution in [0.3, 0.4) is 0 Å². The number of benzene rings is 1. The molecular formula is C15H20F3N3. The van der Waals surface area contributed by atoms with Crippen LogP contribution >= 0.6 is 0 Å². The van der Waals surface area contributed by atoms with Crippen LogP contribution in [0.2, 0.25) is 0 Å². The molecule has 0 aliphatic rings. The van der Waals surface area contributed by atoms with Crippen molar-refractivity contribution >= 4 is 11.0 Å². The summed E-state index contributed by atoms with van der Waals surface area (Å²) in [4.78, 5) is 4.36. The van der Waals surface area contributed by atoms with Gasteiger partial charge in [0.1, 0.15) is 11.9 Å². The fourth-order valence-electron chi connectivity index (χ4n) is 2.61. The number of halogens is 3. The molecule has 0 bridgehead atoms. The van der Waals surface area contributed by atoms with Gasteiger partial charge in [-0.25, -0.2) is 4.98 Å². The second kappa shape index (κ2) is 6.05. The van der Waals surface area contributed by atoms with Crippen LogP contribution < -0.4 is 5.73 Å². The number of rotatable bonds is 5. The van der Waals surface area contributed by atoms with Crippen molar-refractivity contribution in [2.24, 2.45) is 5.73 Å². The Balaban J connectivity index is 2.67. The van der Waals surface area contributed by atoms with Crippen molar-refractivity contribution < 1.29 is 13.2 Å². The highest BCUT2D eigenvalue weighted by Gasteiger charge is 2.45. The van der Waals surface area contributed by atoms with Crippen LogP contribution in [0.4, 0.5) is 13.2 Å². The Morgan fingerprint density at radius 2 is 1.90 bits per heavy atom. The number of hydrogen-bond acceptors (Lipinski definition) is 2. The second-order valence-corrected chi connectivity index (χ2v) is 5.20. The standard InChI is InChI=1S/C15H20F3N3/c1-3-7-13-20-11-8-5-6-9-12(11)21(13)14(10(19)4-2)15(16,17)18/h5-6,8-10,14H,3-4,7,19H2,1-2H3. The molecule has 6 heteroatoms. The van der Waals surface area contributed by atoms with Gasteiger partial charge in [-0.3, -0.25) is 0 Å². The zero-order chi connectivity index (χ0) is 15.6. The van der Waals surface area contributed by atoms with Crippen LogP contribution in [0.1, 0.15) is 38.6 Å². The summed E-state index contributed by atoms with van der Waals surface area (Å²) in [6.45, 7) is 3.59. The fraction of sp³-hybridized carbons (Fsp3) is 0.533. The quantitative estimate of drug-likeness (QED) is 0.912. The zero-order valence-electron chi connectivity index (χ0n) is 12.2. The van der Waals surface area contributed by atoms with Crippen molar-refractivity contribution in [2.45, 2.75) is 51.4 Å². The zero-order valence-corrected chi connectivity index (χ0v) is 12.2. The van der Waals surface area contributed by atoms with E-state index in [1.165, 1.54) is 4.57 Å². The molecule has 2 atom stereocenters. The molecule has 1 aromatic carbocycles. The Labute approximate surface area is 122 Å². The van der Waals surface area contributed by atoms with Gasteiger partial charge in [-0.15, -0.1) is 0 Å². The fourth-order valence-corrected chi connectivity index (χ4v) is 2.61. The van der Waals surface area contributed by atoms with E-state index in [-0.39, 0.29) is 6.42 Å². The topological polar surface area (TPSA) is 43.8 Å². The molecule has 21 heavy (non-hydrogen) atoms. The van der Waals surface area contributed by atoms with E-state index in [1.54, 1.807) is 31.2 Å². The first kappa shape index (κ1) is 15.8. The summed E-state index contributed by atoms with van der Waals surface area (Å²) in [5.74, 6) is 0.449. The molecule has 116 valence electrons. The lowest BCUT2D eigenvalue weighted by atomic mass is 10.1. The van der Waals surface area contributed by atoms with Crippen LogP contribution in [0.15, 0.2) is 24.3 Å². The van der Waals surface area contributed by atoms with Crippen LogP contribution in [0.25, 0.3) is 11.0 Å². The van der Waals surface area contributed by atoms with Gasteiger partial charge in [-0.1, -0.05) is 26.0 Å². The summed E-state index contributed by atoms with van der Waals surface area (Å²) in [5, 5.41) is 0. The number of aryl methyl sites for hydroxylation is 1. The molecule has 0 aliphatic heterocycles. The van der Waals surface area contributed by atoms with Crippen molar-refractivity contribution in [2.75, 3.05) is 0 Å². The van der Waals surface area contributed by atoms with Crippen LogP contribution in [0.5, 0.6) is 0 Å². The Kier molecular flexibility index (Phi) is 4.56. The van der Waals surface area contributed by atoms with Gasteiger partial charge < -0.3 is 10.3 Å². The van der Waals surface area contributed by atoms with Crippen LogP contribution in [0, 0.1) is 0 Å². The summed E-state index contributed by atoms with van der Waals surface area (Å²) in [5.41, 5.74) is 6.86. The molecule has 0 spiro atoms. The molecule has 0 fully saturated rings. The minimum absolute atomic E-state index is 0.252. The highest BCUT2D eigenvalue weighted by Crippen LogP contribution is 2.37. The first-order valence-electron chi connectivity index (χ1n) is 7.18. The number of hydrogen-bond donors (Lipinski definition) is 1. The predicted molar refractivity (Wildman–Crippen MR) is 77.1 cm³/mol. The van der Waals surface area contributed by atoms with Gasteiger partial charge in [-0.05, 0) is 25.0 Å². The summed E-state index contributed by atoms with van der Waals surface area (Å²) in [6, 6.07) is 4.17. The lowest BCUT2D eigenvalue weighted by molar-refractivity contribution is -0.172. The molecule has 0 amide bonds. The average molecular weight is 299 g/mol. The third-order valence-corrected chi connectivity index (χ3v) is 3.63. The largest absolute Gasteiger partial charge is 0.410 e. The Hall–Kier alpha value is -1.56. The third kappa shape index (κ3) is 3.05. The summed E-state index contributed by atoms with van der Waals surface area (Å²) in [7, 11) is 0. The highest BCUT2D eigenvalue weighted by atomic mass is 19.4. The van der Waals surface area contributed by atoms with Gasteiger partial charge in [0.25, 0.3) is 0 Å². The van der Waals surface area contributed by atoms with Gasteiger partial charge in [0.05, 0.1) is 11.0 Å². The normalized spacial score (nSPS) is 15.3. The summed E-state index contributed by atoms with van der Waals surface area (Å²) in [6.07, 6.45) is -2.92. The average Bonchev–Trinajstić information content (AvgIpc) is 2.76. The van der Waals surface area contributed by atoms with Crippen molar-refractivity contribution in [3.8, 4) is 0 Å². The van der Waals surface area contributed by atoms with E-state index in [0.29, 0.717) is 23.3 Å². The molecule has 2 rings (SSSR count). The van der Waals surface area contributed by atoms with Gasteiger partial charge in [-0.2, -0.15) is 13.2 Å². The Morgan fingerprint density at radius 1 is 1.24 bits per heavy atom. The number of alkyl halides is 3. The van der Waals surface area contributed by atoms with E-state index in [4.69, 9.17) is 5.73 Å². The van der Waals surface area contributed by atoms with Gasteiger partial charge in [0, 0.05) is 12.5 Å². The molecule has 2 N–H and O–H groups in total. The maximum atomic E-state index is 13.5. The summed E-state index contributed by atoms with van der Waals surface area (Å²) < 4.78 is 41.9. The van der Waals surface area contributed by atoms with E-state index in [9.17, 15) is 13.2 Å². The van der Waals surface area contributed by atoms with Gasteiger partial charge in [0.2, 0.25) is 0 Å². The minimum Gasteiger partial charge on any atom is -0.326 e. The second-order valence-electron chi connectivity index (χ2n) is 5.20. The molecule has 1 heterocycles. The smallest absolute Gasteiger partial charge is 0.326 e. The molecule has 3 nitrogen and oxygen atoms in total. The molecule has 1 aromatic heterocycles. The number of fused-ring (bicyclic) bond motifs is 1. The van der Waals surface area contributed by atoms with Gasteiger partial charge in [0.15, 0.2) is 0 Å². The first-order chi connectivity index (χ1) is 9.90. The Bertz CT molecular complexity index is 604. The van der Waals surface area contributed by atoms with Crippen molar-refractivity contribution in [1.29, 1.82) is 0 Å². The molecule has 2 aromatic rings. The maximum absolute atomic E-state index is 13.5. The van der Waals surface area contributed by atoms with Crippen LogP contribution in [-0.2, 0) is 6.42 Å². The van der Waals surface area contributed by atoms with Crippen molar-refractivity contribution in [3.63, 3.8) is 0 Å². The lowest BCUT2D eigenvalue weighted by Crippen LogP contribution is -2.42. The van der Waals surface area contributed by atoms with Gasteiger partial charge >= 0.3 is 6.18 Å². The highest BCUT2D eigenvalue weighted by molar-refractivity contribution is 5.76. The maximum Gasteiger partial charge on any atom is 0.410 e. The van der Waals surface area contributed by atoms with E-state index < -0.39 is 18.3 Å². The minimum atomic E-state index is -4.40. The van der Waals surface area contributed by atoms with E-state index in [2.05, 4.69) is 4.98 Å². The monoisotopic (exact) mass is 299 g/mol. The molecule has 0 aliphatic carbocycles. The third-order valence-electron chi connectivity index (χ3n) is 3.63. The molecule has 2 unspecified atom stereocenters. The molecular weight excluding hydrogens is 279 g/mol. The van der Waals surface area contributed by atoms with E-state index in [0.717, 1.165) is 6.42 Å². The summed E-state index contributed by atoms with van der Waals surface area (Å²) >= 11 is 0. The number of para-hydroxylation sites is 2. The molecule has 0 radical (unpaired) electrons. The number of aromatic nitrogens is 2. The number of nitrogens with zero attached hydrogens (tertiary/aromatic N) is 2. The van der Waals surface area contributed by atoms with Crippen LogP contribution in [-0.4, -0.2) is 21.8 Å².